The fourth-order valence-corrected chi connectivity index (χ4v) is 2.37. The van der Waals surface area contributed by atoms with E-state index in [1.807, 2.05) is 36.6 Å². The first kappa shape index (κ1) is 12.6. The minimum Gasteiger partial charge on any atom is -0.345 e. The van der Waals surface area contributed by atoms with Gasteiger partial charge in [-0.15, -0.1) is 11.3 Å². The molecule has 0 saturated heterocycles. The fourth-order valence-electron chi connectivity index (χ4n) is 1.73. The van der Waals surface area contributed by atoms with Crippen molar-refractivity contribution in [2.75, 3.05) is 5.43 Å². The highest BCUT2D eigenvalue weighted by Crippen LogP contribution is 2.16. The van der Waals surface area contributed by atoms with Crippen LogP contribution in [0.5, 0.6) is 0 Å². The third-order valence-corrected chi connectivity index (χ3v) is 3.58. The van der Waals surface area contributed by atoms with Crippen molar-refractivity contribution in [1.82, 2.24) is 15.0 Å². The highest BCUT2D eigenvalue weighted by molar-refractivity contribution is 7.13. The lowest BCUT2D eigenvalue weighted by atomic mass is 10.1. The Morgan fingerprint density at radius 2 is 2.15 bits per heavy atom. The van der Waals surface area contributed by atoms with Crippen LogP contribution in [0.2, 0.25) is 0 Å². The lowest BCUT2D eigenvalue weighted by Crippen LogP contribution is -1.90. The number of benzene rings is 1. The summed E-state index contributed by atoms with van der Waals surface area (Å²) in [6, 6.07) is 8.08. The quantitative estimate of drug-likeness (QED) is 0.570. The Kier molecular flexibility index (Phi) is 3.56. The second-order valence-electron chi connectivity index (χ2n) is 4.25. The summed E-state index contributed by atoms with van der Waals surface area (Å²) in [5.74, 6) is 0. The van der Waals surface area contributed by atoms with Crippen LogP contribution in [-0.4, -0.2) is 21.2 Å². The van der Waals surface area contributed by atoms with Crippen molar-refractivity contribution < 1.29 is 0 Å². The zero-order valence-electron chi connectivity index (χ0n) is 10.9. The molecular weight excluding hydrogens is 270 g/mol. The first-order valence-corrected chi connectivity index (χ1v) is 6.99. The van der Waals surface area contributed by atoms with E-state index < -0.39 is 0 Å². The monoisotopic (exact) mass is 283 g/mol. The van der Waals surface area contributed by atoms with Gasteiger partial charge in [-0.2, -0.15) is 5.10 Å². The molecular formula is C14H13N5S. The predicted molar refractivity (Wildman–Crippen MR) is 82.1 cm³/mol. The molecule has 0 aliphatic heterocycles. The molecule has 5 nitrogen and oxygen atoms in total. The summed E-state index contributed by atoms with van der Waals surface area (Å²) in [7, 11) is 0. The lowest BCUT2D eigenvalue weighted by Gasteiger charge is -1.98. The molecule has 100 valence electrons. The summed E-state index contributed by atoms with van der Waals surface area (Å²) < 4.78 is 0. The number of aromatic nitrogens is 3. The molecule has 0 atom stereocenters. The first-order valence-electron chi connectivity index (χ1n) is 6.11. The van der Waals surface area contributed by atoms with Crippen molar-refractivity contribution in [3.05, 3.63) is 53.4 Å². The third kappa shape index (κ3) is 2.92. The first-order chi connectivity index (χ1) is 9.81. The van der Waals surface area contributed by atoms with Crippen LogP contribution in [0.15, 0.2) is 47.3 Å². The van der Waals surface area contributed by atoms with Crippen molar-refractivity contribution >= 4 is 22.7 Å². The average molecular weight is 283 g/mol. The number of thiazole rings is 1. The van der Waals surface area contributed by atoms with Crippen LogP contribution < -0.4 is 5.43 Å². The predicted octanol–water partition coefficient (Wildman–Crippen LogP) is 3.29. The van der Waals surface area contributed by atoms with Gasteiger partial charge in [0.05, 0.1) is 30.1 Å². The van der Waals surface area contributed by atoms with Gasteiger partial charge in [-0.1, -0.05) is 24.3 Å². The van der Waals surface area contributed by atoms with Crippen LogP contribution in [0.25, 0.3) is 11.3 Å². The molecule has 3 aromatic rings. The summed E-state index contributed by atoms with van der Waals surface area (Å²) in [6.07, 6.45) is 5.24. The van der Waals surface area contributed by atoms with Crippen LogP contribution in [0.4, 0.5) is 5.13 Å². The molecule has 0 aliphatic rings. The number of anilines is 1. The molecule has 0 amide bonds. The van der Waals surface area contributed by atoms with Crippen molar-refractivity contribution in [3.8, 4) is 11.3 Å². The zero-order chi connectivity index (χ0) is 13.8. The molecule has 2 N–H and O–H groups in total. The third-order valence-electron chi connectivity index (χ3n) is 2.71. The zero-order valence-corrected chi connectivity index (χ0v) is 11.7. The van der Waals surface area contributed by atoms with Gasteiger partial charge in [0.25, 0.3) is 0 Å². The van der Waals surface area contributed by atoms with E-state index in [2.05, 4.69) is 25.5 Å². The average Bonchev–Trinajstić information content (AvgIpc) is 3.11. The molecule has 0 unspecified atom stereocenters. The van der Waals surface area contributed by atoms with E-state index in [1.54, 1.807) is 18.7 Å². The lowest BCUT2D eigenvalue weighted by molar-refractivity contribution is 1.22. The molecule has 3 rings (SSSR count). The Hall–Kier alpha value is -2.47. The Balaban J connectivity index is 1.66. The number of nitrogens with one attached hydrogen (secondary N) is 2. The smallest absolute Gasteiger partial charge is 0.203 e. The topological polar surface area (TPSA) is 66.0 Å². The maximum Gasteiger partial charge on any atom is 0.203 e. The van der Waals surface area contributed by atoms with Gasteiger partial charge in [-0.25, -0.2) is 9.97 Å². The molecule has 2 aromatic heterocycles. The van der Waals surface area contributed by atoms with Crippen LogP contribution >= 0.6 is 11.3 Å². The number of hydrazone groups is 1. The number of hydrogen-bond acceptors (Lipinski definition) is 5. The number of imidazole rings is 1. The largest absolute Gasteiger partial charge is 0.345 e. The van der Waals surface area contributed by atoms with E-state index >= 15 is 0 Å². The molecule has 0 saturated carbocycles. The summed E-state index contributed by atoms with van der Waals surface area (Å²) in [6.45, 7) is 1.96. The number of hydrogen-bond donors (Lipinski definition) is 2. The second kappa shape index (κ2) is 5.66. The molecule has 6 heteroatoms. The van der Waals surface area contributed by atoms with E-state index in [4.69, 9.17) is 0 Å². The van der Waals surface area contributed by atoms with Crippen molar-refractivity contribution in [3.63, 3.8) is 0 Å². The number of nitrogens with zero attached hydrogens (tertiary/aromatic N) is 3. The fraction of sp³-hybridized carbons (Fsp3) is 0.0714. The van der Waals surface area contributed by atoms with Gasteiger partial charge in [0.15, 0.2) is 0 Å². The summed E-state index contributed by atoms with van der Waals surface area (Å²) in [5, 5.41) is 6.95. The highest BCUT2D eigenvalue weighted by Gasteiger charge is 1.98. The summed E-state index contributed by atoms with van der Waals surface area (Å²) in [5.41, 5.74) is 7.04. The molecule has 1 aromatic carbocycles. The van der Waals surface area contributed by atoms with Gasteiger partial charge in [-0.05, 0) is 18.1 Å². The van der Waals surface area contributed by atoms with Gasteiger partial charge in [0.1, 0.15) is 0 Å². The van der Waals surface area contributed by atoms with E-state index in [9.17, 15) is 0 Å². The molecule has 0 fully saturated rings. The number of rotatable bonds is 4. The van der Waals surface area contributed by atoms with E-state index in [-0.39, 0.29) is 0 Å². The van der Waals surface area contributed by atoms with Crippen LogP contribution in [0, 0.1) is 6.92 Å². The van der Waals surface area contributed by atoms with E-state index in [0.29, 0.717) is 0 Å². The van der Waals surface area contributed by atoms with Crippen LogP contribution in [0.1, 0.15) is 11.3 Å². The van der Waals surface area contributed by atoms with Gasteiger partial charge >= 0.3 is 0 Å². The Labute approximate surface area is 120 Å². The highest BCUT2D eigenvalue weighted by atomic mass is 32.1. The number of aryl methyl sites for hydroxylation is 1. The van der Waals surface area contributed by atoms with Crippen molar-refractivity contribution in [1.29, 1.82) is 0 Å². The van der Waals surface area contributed by atoms with Crippen LogP contribution in [0.3, 0.4) is 0 Å². The normalized spacial score (nSPS) is 11.1. The SMILES string of the molecule is Cc1csc(NN=Cc2ccc(-c3cnc[nH]3)cc2)n1. The van der Waals surface area contributed by atoms with Crippen molar-refractivity contribution in [2.45, 2.75) is 6.92 Å². The number of H-pyrrole nitrogens is 1. The second-order valence-corrected chi connectivity index (χ2v) is 5.11. The Morgan fingerprint density at radius 3 is 2.80 bits per heavy atom. The minimum absolute atomic E-state index is 0.799. The molecule has 0 radical (unpaired) electrons. The summed E-state index contributed by atoms with van der Waals surface area (Å²) >= 11 is 1.54. The molecule has 2 heterocycles. The van der Waals surface area contributed by atoms with Gasteiger partial charge < -0.3 is 4.98 Å². The molecule has 0 bridgehead atoms. The maximum atomic E-state index is 4.27. The Bertz CT molecular complexity index is 698. The minimum atomic E-state index is 0.799. The standard InChI is InChI=1S/C14H13N5S/c1-10-8-20-14(18-10)19-17-6-11-2-4-12(5-3-11)13-7-15-9-16-13/h2-9H,1H3,(H,15,16)(H,18,19). The molecule has 0 aliphatic carbocycles. The van der Waals surface area contributed by atoms with E-state index in [1.165, 1.54) is 11.3 Å². The Morgan fingerprint density at radius 1 is 1.30 bits per heavy atom. The number of aromatic amines is 1. The van der Waals surface area contributed by atoms with Gasteiger partial charge in [0, 0.05) is 5.38 Å². The molecule has 20 heavy (non-hydrogen) atoms. The maximum absolute atomic E-state index is 4.27. The van der Waals surface area contributed by atoms with E-state index in [0.717, 1.165) is 27.6 Å². The summed E-state index contributed by atoms with van der Waals surface area (Å²) in [4.78, 5) is 11.4. The van der Waals surface area contributed by atoms with Gasteiger partial charge in [0.2, 0.25) is 5.13 Å². The van der Waals surface area contributed by atoms with Crippen molar-refractivity contribution in [2.24, 2.45) is 5.10 Å². The van der Waals surface area contributed by atoms with Crippen LogP contribution in [-0.2, 0) is 0 Å². The van der Waals surface area contributed by atoms with Gasteiger partial charge in [-0.3, -0.25) is 5.43 Å². The molecule has 0 spiro atoms.